The first-order valence-electron chi connectivity index (χ1n) is 11.0. The first-order valence-corrected chi connectivity index (χ1v) is 12.6. The topological polar surface area (TPSA) is 170 Å². The number of hydrogen-bond acceptors (Lipinski definition) is 8. The number of amides is 2. The summed E-state index contributed by atoms with van der Waals surface area (Å²) in [6.07, 6.45) is 5.63. The molecule has 2 aliphatic rings. The Labute approximate surface area is 200 Å². The van der Waals surface area contributed by atoms with E-state index in [1.807, 2.05) is 0 Å². The molecule has 0 fully saturated rings. The van der Waals surface area contributed by atoms with E-state index in [1.54, 1.807) is 6.92 Å². The van der Waals surface area contributed by atoms with Gasteiger partial charge in [-0.25, -0.2) is 28.8 Å². The van der Waals surface area contributed by atoms with Crippen LogP contribution in [0.25, 0.3) is 11.3 Å². The van der Waals surface area contributed by atoms with Gasteiger partial charge < -0.3 is 15.2 Å². The van der Waals surface area contributed by atoms with Crippen molar-refractivity contribution in [3.05, 3.63) is 41.5 Å². The van der Waals surface area contributed by atoms with Crippen LogP contribution in [0.3, 0.4) is 0 Å². The van der Waals surface area contributed by atoms with Crippen molar-refractivity contribution in [2.75, 3.05) is 11.9 Å². The molecule has 0 aromatic carbocycles. The molecule has 1 aliphatic heterocycles. The maximum Gasteiger partial charge on any atom is 0.354 e. The van der Waals surface area contributed by atoms with Crippen LogP contribution in [0.15, 0.2) is 28.0 Å². The number of aryl methyl sites for hydroxylation is 1. The molecule has 2 amide bonds. The van der Waals surface area contributed by atoms with Crippen LogP contribution < -0.4 is 15.2 Å². The lowest BCUT2D eigenvalue weighted by molar-refractivity contribution is 0.0538. The third-order valence-corrected chi connectivity index (χ3v) is 7.28. The Balaban J connectivity index is 1.54. The number of rotatable bonds is 4. The van der Waals surface area contributed by atoms with E-state index in [2.05, 4.69) is 29.7 Å². The second kappa shape index (κ2) is 8.94. The van der Waals surface area contributed by atoms with Crippen molar-refractivity contribution < 1.29 is 23.2 Å². The van der Waals surface area contributed by atoms with Crippen molar-refractivity contribution in [2.24, 2.45) is 9.50 Å². The fraction of sp³-hybridized carbons (Fsp3) is 0.381. The number of carbonyl (C=O) groups is 1. The molecule has 0 saturated heterocycles. The van der Waals surface area contributed by atoms with Crippen molar-refractivity contribution in [1.29, 1.82) is 0 Å². The van der Waals surface area contributed by atoms with Gasteiger partial charge in [-0.1, -0.05) is 6.92 Å². The molecule has 14 heteroatoms. The molecule has 184 valence electrons. The zero-order valence-corrected chi connectivity index (χ0v) is 19.6. The number of hydrogen-bond donors (Lipinski definition) is 3. The van der Waals surface area contributed by atoms with E-state index in [9.17, 15) is 18.5 Å². The van der Waals surface area contributed by atoms with Gasteiger partial charge >= 0.3 is 6.03 Å². The fourth-order valence-electron chi connectivity index (χ4n) is 4.33. The van der Waals surface area contributed by atoms with Gasteiger partial charge in [0.15, 0.2) is 9.92 Å². The van der Waals surface area contributed by atoms with Crippen LogP contribution >= 0.6 is 0 Å². The van der Waals surface area contributed by atoms with E-state index in [0.717, 1.165) is 30.4 Å². The van der Waals surface area contributed by atoms with Gasteiger partial charge in [0, 0.05) is 23.0 Å². The number of nitrogens with zero attached hydrogens (tertiary/aromatic N) is 6. The molecule has 2 unspecified atom stereocenters. The highest BCUT2D eigenvalue weighted by atomic mass is 32.2. The fourth-order valence-corrected chi connectivity index (χ4v) is 5.33. The number of pyridine rings is 1. The number of ether oxygens (including phenoxy) is 1. The molecule has 4 heterocycles. The number of nitrogens with two attached hydrogens (primary N) is 1. The average Bonchev–Trinajstić information content (AvgIpc) is 3.46. The second-order valence-corrected chi connectivity index (χ2v) is 9.98. The Kier molecular flexibility index (Phi) is 5.94. The summed E-state index contributed by atoms with van der Waals surface area (Å²) in [6, 6.07) is -0.956. The van der Waals surface area contributed by atoms with Gasteiger partial charge in [0.2, 0.25) is 11.8 Å². The van der Waals surface area contributed by atoms with Crippen molar-refractivity contribution in [3.8, 4) is 17.1 Å². The summed E-state index contributed by atoms with van der Waals surface area (Å²) in [5.74, 6) is -0.560. The molecule has 3 aromatic rings. The van der Waals surface area contributed by atoms with Crippen molar-refractivity contribution >= 4 is 21.6 Å². The maximum atomic E-state index is 14.4. The van der Waals surface area contributed by atoms with E-state index in [0.29, 0.717) is 29.8 Å². The quantitative estimate of drug-likeness (QED) is 0.452. The van der Waals surface area contributed by atoms with Crippen molar-refractivity contribution in [2.45, 2.75) is 50.2 Å². The van der Waals surface area contributed by atoms with Gasteiger partial charge in [-0.3, -0.25) is 4.98 Å². The maximum absolute atomic E-state index is 14.4. The van der Waals surface area contributed by atoms with E-state index in [1.165, 1.54) is 17.1 Å². The van der Waals surface area contributed by atoms with E-state index < -0.39 is 28.0 Å². The van der Waals surface area contributed by atoms with Crippen LogP contribution in [0.2, 0.25) is 0 Å². The minimum absolute atomic E-state index is 0.0256. The molecule has 2 atom stereocenters. The number of carbonyl (C=O) groups excluding carboxylic acids is 1. The molecule has 35 heavy (non-hydrogen) atoms. The van der Waals surface area contributed by atoms with Crippen LogP contribution in [-0.2, 0) is 35.7 Å². The van der Waals surface area contributed by atoms with E-state index >= 15 is 0 Å². The predicted molar refractivity (Wildman–Crippen MR) is 122 cm³/mol. The first-order chi connectivity index (χ1) is 16.8. The monoisotopic (exact) mass is 502 g/mol. The number of fused-ring (bicyclic) bond motifs is 2. The molecule has 0 saturated carbocycles. The van der Waals surface area contributed by atoms with Gasteiger partial charge in [0.25, 0.3) is 0 Å². The van der Waals surface area contributed by atoms with Crippen LogP contribution in [0, 0.1) is 5.95 Å². The number of aliphatic hydroxyl groups excluding tert-OH is 1. The van der Waals surface area contributed by atoms with Crippen LogP contribution in [0.1, 0.15) is 30.2 Å². The predicted octanol–water partition coefficient (Wildman–Crippen LogP) is 1.61. The molecule has 1 aliphatic carbocycles. The minimum atomic E-state index is -3.73. The summed E-state index contributed by atoms with van der Waals surface area (Å²) < 4.78 is 38.0. The lowest BCUT2D eigenvalue weighted by Gasteiger charge is -2.20. The molecule has 12 nitrogen and oxygen atoms in total. The van der Waals surface area contributed by atoms with Gasteiger partial charge in [0.05, 0.1) is 24.1 Å². The zero-order valence-electron chi connectivity index (χ0n) is 18.8. The normalized spacial score (nSPS) is 18.2. The Bertz CT molecular complexity index is 1450. The third-order valence-electron chi connectivity index (χ3n) is 5.93. The highest BCUT2D eigenvalue weighted by molar-refractivity contribution is 7.91. The zero-order chi connectivity index (χ0) is 24.7. The number of urea groups is 1. The summed E-state index contributed by atoms with van der Waals surface area (Å²) >= 11 is 0. The SMILES string of the molecule is CCc1c(F)ncnc1-c1cnc2c(c1NC(=O)N=S(N)(=O)c1cnn3c1OCC(O)C3)CCC2. The molecule has 0 radical (unpaired) electrons. The third kappa shape index (κ3) is 4.24. The van der Waals surface area contributed by atoms with Gasteiger partial charge in [0.1, 0.15) is 23.9 Å². The van der Waals surface area contributed by atoms with Gasteiger partial charge in [-0.2, -0.15) is 9.49 Å². The summed E-state index contributed by atoms with van der Waals surface area (Å²) in [5.41, 5.74) is 2.98. The number of aliphatic hydroxyl groups is 1. The summed E-state index contributed by atoms with van der Waals surface area (Å²) in [5, 5.41) is 22.4. The standard InChI is InChI=1S/C21H23FN8O4S/c1-2-12-17(25-10-26-19(12)22)14-6-24-15-5-3-4-13(15)18(14)28-21(32)29-35(23,33)16-7-27-30-8-11(31)9-34-20(16)30/h6-7,10-11,31H,2-5,8-9H2,1H3,(H3,23,24,28,29,32,33). The molecule has 0 bridgehead atoms. The molecule has 3 aromatic heterocycles. The van der Waals surface area contributed by atoms with Gasteiger partial charge in [-0.05, 0) is 31.2 Å². The van der Waals surface area contributed by atoms with Crippen molar-refractivity contribution in [3.63, 3.8) is 0 Å². The molecule has 5 rings (SSSR count). The lowest BCUT2D eigenvalue weighted by Crippen LogP contribution is -2.30. The second-order valence-electron chi connectivity index (χ2n) is 8.22. The molecular weight excluding hydrogens is 479 g/mol. The number of nitrogens with one attached hydrogen (secondary N) is 1. The molecule has 4 N–H and O–H groups in total. The number of aromatic nitrogens is 5. The van der Waals surface area contributed by atoms with Crippen molar-refractivity contribution in [1.82, 2.24) is 24.7 Å². The summed E-state index contributed by atoms with van der Waals surface area (Å²) in [6.45, 7) is 1.89. The van der Waals surface area contributed by atoms with Crippen LogP contribution in [-0.4, -0.2) is 52.8 Å². The smallest absolute Gasteiger partial charge is 0.354 e. The summed E-state index contributed by atoms with van der Waals surface area (Å²) in [7, 11) is -3.73. The van der Waals surface area contributed by atoms with E-state index in [-0.39, 0.29) is 29.5 Å². The van der Waals surface area contributed by atoms with E-state index in [4.69, 9.17) is 9.88 Å². The highest BCUT2D eigenvalue weighted by Gasteiger charge is 2.28. The minimum Gasteiger partial charge on any atom is -0.474 e. The molecule has 0 spiro atoms. The Morgan fingerprint density at radius 3 is 3.00 bits per heavy atom. The average molecular weight is 503 g/mol. The van der Waals surface area contributed by atoms with Crippen LogP contribution in [0.4, 0.5) is 14.9 Å². The Morgan fingerprint density at radius 2 is 2.20 bits per heavy atom. The number of anilines is 1. The highest BCUT2D eigenvalue weighted by Crippen LogP contribution is 2.37. The first kappa shape index (κ1) is 23.3. The van der Waals surface area contributed by atoms with Gasteiger partial charge in [-0.15, -0.1) is 4.36 Å². The molecular formula is C21H23FN8O4S. The number of halogens is 1. The Morgan fingerprint density at radius 1 is 1.37 bits per heavy atom. The summed E-state index contributed by atoms with van der Waals surface area (Å²) in [4.78, 5) is 25.3. The Hall–Kier alpha value is -3.49. The largest absolute Gasteiger partial charge is 0.474 e. The lowest BCUT2D eigenvalue weighted by atomic mass is 10.0. The van der Waals surface area contributed by atoms with Crippen LogP contribution in [0.5, 0.6) is 5.88 Å².